The second-order valence-electron chi connectivity index (χ2n) is 4.88. The highest BCUT2D eigenvalue weighted by molar-refractivity contribution is 7.85. The van der Waals surface area contributed by atoms with Crippen molar-refractivity contribution in [3.8, 4) is 0 Å². The summed E-state index contributed by atoms with van der Waals surface area (Å²) in [6, 6.07) is 5.19. The molecule has 0 radical (unpaired) electrons. The molecule has 22 heavy (non-hydrogen) atoms. The number of anilines is 1. The van der Waals surface area contributed by atoms with E-state index in [-0.39, 0.29) is 16.2 Å². The summed E-state index contributed by atoms with van der Waals surface area (Å²) >= 11 is 0. The molecule has 0 atom stereocenters. The van der Waals surface area contributed by atoms with Gasteiger partial charge in [-0.1, -0.05) is 6.07 Å². The van der Waals surface area contributed by atoms with E-state index in [1.54, 1.807) is 0 Å². The Balaban J connectivity index is 2.22. The van der Waals surface area contributed by atoms with Gasteiger partial charge in [0.25, 0.3) is 15.9 Å². The van der Waals surface area contributed by atoms with Gasteiger partial charge in [0.2, 0.25) is 0 Å². The molecule has 118 valence electrons. The van der Waals surface area contributed by atoms with Crippen LogP contribution in [0.3, 0.4) is 0 Å². The Hall–Kier alpha value is -2.39. The molecule has 8 nitrogen and oxygen atoms in total. The molecule has 1 aliphatic rings. The summed E-state index contributed by atoms with van der Waals surface area (Å²) in [6.07, 6.45) is 1.04. The van der Waals surface area contributed by atoms with Gasteiger partial charge in [-0.15, -0.1) is 0 Å². The summed E-state index contributed by atoms with van der Waals surface area (Å²) < 4.78 is 40.8. The summed E-state index contributed by atoms with van der Waals surface area (Å²) in [5.41, 5.74) is -0.121. The number of carbonyl (C=O) groups is 2. The zero-order valence-corrected chi connectivity index (χ0v) is 12.5. The van der Waals surface area contributed by atoms with E-state index in [2.05, 4.69) is 5.32 Å². The van der Waals surface area contributed by atoms with Gasteiger partial charge in [-0.2, -0.15) is 8.42 Å². The van der Waals surface area contributed by atoms with Crippen LogP contribution in [-0.4, -0.2) is 30.7 Å². The van der Waals surface area contributed by atoms with Gasteiger partial charge in [0.05, 0.1) is 4.90 Å². The summed E-state index contributed by atoms with van der Waals surface area (Å²) in [4.78, 5) is 23.1. The number of nitrogens with one attached hydrogen (secondary N) is 1. The van der Waals surface area contributed by atoms with Crippen LogP contribution in [0.25, 0.3) is 0 Å². The standard InChI is InChI=1S/C13H13NO7S/c1-13(2)20-11(15)10(12(16)21-13)7-14-8-4-3-5-9(6-8)22(17,18)19/h3-7,14H,1-2H3,(H,17,18,19). The SMILES string of the molecule is CC1(C)OC(=O)C(=CNc2cccc(S(=O)(=O)O)c2)C(=O)O1. The smallest absolute Gasteiger partial charge is 0.350 e. The molecule has 0 saturated carbocycles. The lowest BCUT2D eigenvalue weighted by Gasteiger charge is -2.29. The van der Waals surface area contributed by atoms with Crippen LogP contribution in [0.1, 0.15) is 13.8 Å². The van der Waals surface area contributed by atoms with Gasteiger partial charge >= 0.3 is 11.9 Å². The van der Waals surface area contributed by atoms with Gasteiger partial charge in [0, 0.05) is 25.7 Å². The number of benzene rings is 1. The van der Waals surface area contributed by atoms with Crippen LogP contribution in [0, 0.1) is 0 Å². The van der Waals surface area contributed by atoms with E-state index >= 15 is 0 Å². The van der Waals surface area contributed by atoms with E-state index in [0.717, 1.165) is 12.3 Å². The van der Waals surface area contributed by atoms with Crippen molar-refractivity contribution in [1.82, 2.24) is 0 Å². The van der Waals surface area contributed by atoms with Crippen molar-refractivity contribution >= 4 is 27.7 Å². The Kier molecular flexibility index (Phi) is 3.94. The highest BCUT2D eigenvalue weighted by atomic mass is 32.2. The molecule has 1 aromatic rings. The molecule has 9 heteroatoms. The molecule has 0 unspecified atom stereocenters. The predicted octanol–water partition coefficient (Wildman–Crippen LogP) is 1.07. The molecule has 1 fully saturated rings. The summed E-state index contributed by atoms with van der Waals surface area (Å²) in [5, 5.41) is 2.58. The molecule has 2 rings (SSSR count). The van der Waals surface area contributed by atoms with Crippen LogP contribution < -0.4 is 5.32 Å². The minimum atomic E-state index is -4.35. The minimum Gasteiger partial charge on any atom is -0.419 e. The molecule has 0 bridgehead atoms. The third-order valence-corrected chi connectivity index (χ3v) is 3.48. The molecule has 1 aliphatic heterocycles. The lowest BCUT2D eigenvalue weighted by atomic mass is 10.2. The van der Waals surface area contributed by atoms with Crippen molar-refractivity contribution in [2.24, 2.45) is 0 Å². The van der Waals surface area contributed by atoms with Gasteiger partial charge in [-0.25, -0.2) is 9.59 Å². The van der Waals surface area contributed by atoms with Crippen molar-refractivity contribution in [3.63, 3.8) is 0 Å². The molecule has 2 N–H and O–H groups in total. The van der Waals surface area contributed by atoms with E-state index < -0.39 is 27.8 Å². The van der Waals surface area contributed by atoms with Crippen molar-refractivity contribution < 1.29 is 32.0 Å². The number of cyclic esters (lactones) is 2. The summed E-state index contributed by atoms with van der Waals surface area (Å²) in [7, 11) is -4.35. The van der Waals surface area contributed by atoms with Gasteiger partial charge in [-0.3, -0.25) is 4.55 Å². The maximum atomic E-state index is 11.7. The predicted molar refractivity (Wildman–Crippen MR) is 74.2 cm³/mol. The van der Waals surface area contributed by atoms with Crippen molar-refractivity contribution in [1.29, 1.82) is 0 Å². The fourth-order valence-corrected chi connectivity index (χ4v) is 2.21. The van der Waals surface area contributed by atoms with Crippen LogP contribution >= 0.6 is 0 Å². The first-order valence-electron chi connectivity index (χ1n) is 6.09. The summed E-state index contributed by atoms with van der Waals surface area (Å²) in [6.45, 7) is 2.84. The molecule has 1 aromatic carbocycles. The Morgan fingerprint density at radius 1 is 1.18 bits per heavy atom. The number of hydrogen-bond donors (Lipinski definition) is 2. The number of carbonyl (C=O) groups excluding carboxylic acids is 2. The average molecular weight is 327 g/mol. The Bertz CT molecular complexity index is 742. The lowest BCUT2D eigenvalue weighted by molar-refractivity contribution is -0.222. The Morgan fingerprint density at radius 3 is 2.32 bits per heavy atom. The van der Waals surface area contributed by atoms with E-state index in [9.17, 15) is 18.0 Å². The number of ether oxygens (including phenoxy) is 2. The zero-order chi connectivity index (χ0) is 16.5. The fourth-order valence-electron chi connectivity index (χ4n) is 1.68. The normalized spacial score (nSPS) is 17.5. The quantitative estimate of drug-likeness (QED) is 0.366. The average Bonchev–Trinajstić information content (AvgIpc) is 2.35. The molecular weight excluding hydrogens is 314 g/mol. The lowest BCUT2D eigenvalue weighted by Crippen LogP contribution is -2.42. The zero-order valence-electron chi connectivity index (χ0n) is 11.7. The molecule has 1 heterocycles. The van der Waals surface area contributed by atoms with Gasteiger partial charge in [-0.05, 0) is 18.2 Å². The Labute approximate surface area is 126 Å². The molecule has 1 saturated heterocycles. The first-order chi connectivity index (χ1) is 10.1. The highest BCUT2D eigenvalue weighted by Gasteiger charge is 2.38. The van der Waals surface area contributed by atoms with Crippen LogP contribution in [0.15, 0.2) is 40.9 Å². The maximum Gasteiger partial charge on any atom is 0.350 e. The summed E-state index contributed by atoms with van der Waals surface area (Å²) in [5.74, 6) is -3.06. The second kappa shape index (κ2) is 5.43. The van der Waals surface area contributed by atoms with Crippen molar-refractivity contribution in [2.45, 2.75) is 24.5 Å². The van der Waals surface area contributed by atoms with E-state index in [1.807, 2.05) is 0 Å². The number of hydrogen-bond acceptors (Lipinski definition) is 7. The topological polar surface area (TPSA) is 119 Å². The van der Waals surface area contributed by atoms with Gasteiger partial charge < -0.3 is 14.8 Å². The second-order valence-corrected chi connectivity index (χ2v) is 6.31. The molecule has 0 spiro atoms. The van der Waals surface area contributed by atoms with Crippen molar-refractivity contribution in [3.05, 3.63) is 36.0 Å². The van der Waals surface area contributed by atoms with Crippen LogP contribution in [0.2, 0.25) is 0 Å². The Morgan fingerprint density at radius 2 is 1.77 bits per heavy atom. The maximum absolute atomic E-state index is 11.7. The molecular formula is C13H13NO7S. The minimum absolute atomic E-state index is 0.244. The third-order valence-electron chi connectivity index (χ3n) is 2.63. The monoisotopic (exact) mass is 327 g/mol. The number of rotatable bonds is 3. The third kappa shape index (κ3) is 3.62. The van der Waals surface area contributed by atoms with Crippen LogP contribution in [0.4, 0.5) is 5.69 Å². The number of esters is 2. The van der Waals surface area contributed by atoms with E-state index in [4.69, 9.17) is 14.0 Å². The molecule has 0 aromatic heterocycles. The fraction of sp³-hybridized carbons (Fsp3) is 0.231. The molecule has 0 amide bonds. The molecule has 0 aliphatic carbocycles. The largest absolute Gasteiger partial charge is 0.419 e. The first-order valence-corrected chi connectivity index (χ1v) is 7.53. The van der Waals surface area contributed by atoms with Gasteiger partial charge in [0.15, 0.2) is 5.57 Å². The highest BCUT2D eigenvalue weighted by Crippen LogP contribution is 2.23. The van der Waals surface area contributed by atoms with E-state index in [1.165, 1.54) is 32.0 Å². The first kappa shape index (κ1) is 16.0. The van der Waals surface area contributed by atoms with Crippen LogP contribution in [0.5, 0.6) is 0 Å². The van der Waals surface area contributed by atoms with Crippen molar-refractivity contribution in [2.75, 3.05) is 5.32 Å². The van der Waals surface area contributed by atoms with Gasteiger partial charge in [0.1, 0.15) is 0 Å². The van der Waals surface area contributed by atoms with Crippen LogP contribution in [-0.2, 0) is 29.2 Å². The van der Waals surface area contributed by atoms with E-state index in [0.29, 0.717) is 0 Å².